The number of rotatable bonds is 5. The number of nitrogen functional groups attached to an aromatic ring is 1. The molecule has 2 aromatic heterocycles. The maximum absolute atomic E-state index is 12.9. The fraction of sp³-hybridized carbons (Fsp3) is 0.0526. The molecule has 0 fully saturated rings. The molecule has 1 aliphatic rings. The molecule has 0 aliphatic carbocycles. The predicted octanol–water partition coefficient (Wildman–Crippen LogP) is 2.70. The van der Waals surface area contributed by atoms with E-state index in [0.29, 0.717) is 32.7 Å². The number of hydrazone groups is 1. The molecular weight excluding hydrogens is 475 g/mol. The molecular formula is C19H12Cl2N8O4. The Morgan fingerprint density at radius 1 is 1.15 bits per heavy atom. The Bertz CT molecular complexity index is 1400. The van der Waals surface area contributed by atoms with Gasteiger partial charge in [0.15, 0.2) is 17.2 Å². The molecule has 0 saturated heterocycles. The lowest BCUT2D eigenvalue weighted by molar-refractivity contribution is 0.0950. The van der Waals surface area contributed by atoms with Crippen LogP contribution in [0.1, 0.15) is 16.1 Å². The van der Waals surface area contributed by atoms with Gasteiger partial charge in [0.25, 0.3) is 5.91 Å². The number of hydrogen-bond acceptors (Lipinski definition) is 10. The maximum Gasteiger partial charge on any atom is 0.294 e. The third-order valence-electron chi connectivity index (χ3n) is 4.56. The van der Waals surface area contributed by atoms with Gasteiger partial charge in [-0.05, 0) is 40.6 Å². The molecule has 0 bridgehead atoms. The van der Waals surface area contributed by atoms with Crippen molar-refractivity contribution in [3.8, 4) is 28.6 Å². The summed E-state index contributed by atoms with van der Waals surface area (Å²) < 4.78 is 16.7. The number of amides is 1. The fourth-order valence-electron chi connectivity index (χ4n) is 3.04. The van der Waals surface area contributed by atoms with E-state index in [4.69, 9.17) is 38.4 Å². The van der Waals surface area contributed by atoms with Crippen molar-refractivity contribution >= 4 is 41.1 Å². The van der Waals surface area contributed by atoms with Gasteiger partial charge in [0, 0.05) is 16.1 Å². The van der Waals surface area contributed by atoms with Crippen LogP contribution in [0, 0.1) is 0 Å². The molecule has 12 nitrogen and oxygen atoms in total. The highest BCUT2D eigenvalue weighted by Crippen LogP contribution is 2.37. The summed E-state index contributed by atoms with van der Waals surface area (Å²) in [5, 5.41) is 20.1. The lowest BCUT2D eigenvalue weighted by atomic mass is 10.1. The zero-order valence-corrected chi connectivity index (χ0v) is 17.9. The average Bonchev–Trinajstić information content (AvgIpc) is 3.53. The lowest BCUT2D eigenvalue weighted by Crippen LogP contribution is -2.19. The van der Waals surface area contributed by atoms with Crippen molar-refractivity contribution in [2.75, 3.05) is 12.5 Å². The summed E-state index contributed by atoms with van der Waals surface area (Å²) in [6, 6.07) is 9.95. The molecule has 0 spiro atoms. The number of fused-ring (bicyclic) bond motifs is 1. The van der Waals surface area contributed by atoms with Crippen LogP contribution in [-0.2, 0) is 0 Å². The van der Waals surface area contributed by atoms with Crippen LogP contribution in [0.25, 0.3) is 17.1 Å². The van der Waals surface area contributed by atoms with E-state index in [1.54, 1.807) is 36.4 Å². The third-order valence-corrected chi connectivity index (χ3v) is 5.12. The molecule has 14 heteroatoms. The van der Waals surface area contributed by atoms with Gasteiger partial charge in [-0.25, -0.2) is 10.1 Å². The second-order valence-corrected chi connectivity index (χ2v) is 7.45. The smallest absolute Gasteiger partial charge is 0.294 e. The Morgan fingerprint density at radius 3 is 2.79 bits per heavy atom. The quantitative estimate of drug-likeness (QED) is 0.319. The van der Waals surface area contributed by atoms with Gasteiger partial charge in [-0.3, -0.25) is 4.79 Å². The predicted molar refractivity (Wildman–Crippen MR) is 117 cm³/mol. The second-order valence-electron chi connectivity index (χ2n) is 6.60. The molecule has 4 aromatic rings. The number of hydrogen-bond donors (Lipinski definition) is 2. The van der Waals surface area contributed by atoms with Gasteiger partial charge in [0.2, 0.25) is 18.4 Å². The highest BCUT2D eigenvalue weighted by atomic mass is 35.5. The summed E-state index contributed by atoms with van der Waals surface area (Å²) in [5.74, 6) is 0.435. The number of nitrogens with zero attached hydrogens (tertiary/aromatic N) is 6. The SMILES string of the molecule is Nc1nonc1-n1nnc(C(=O)N/N=C\c2ccc(Cl)cc2Cl)c1-c1ccc2c(c1)OCO2. The Morgan fingerprint density at radius 2 is 2.00 bits per heavy atom. The first kappa shape index (κ1) is 20.7. The average molecular weight is 487 g/mol. The van der Waals surface area contributed by atoms with Crippen LogP contribution in [0.3, 0.4) is 0 Å². The van der Waals surface area contributed by atoms with Crippen LogP contribution in [0.2, 0.25) is 10.0 Å². The van der Waals surface area contributed by atoms with Gasteiger partial charge in [0.1, 0.15) is 5.69 Å². The van der Waals surface area contributed by atoms with E-state index in [2.05, 4.69) is 35.8 Å². The van der Waals surface area contributed by atoms with E-state index in [-0.39, 0.29) is 29.8 Å². The summed E-state index contributed by atoms with van der Waals surface area (Å²) >= 11 is 12.0. The maximum atomic E-state index is 12.9. The first-order valence-electron chi connectivity index (χ1n) is 9.24. The molecule has 2 aromatic carbocycles. The first-order valence-corrected chi connectivity index (χ1v) is 9.99. The molecule has 1 amide bonds. The van der Waals surface area contributed by atoms with Gasteiger partial charge in [-0.1, -0.05) is 34.5 Å². The standard InChI is InChI=1S/C19H12Cl2N8O4/c20-11-3-1-10(12(21)6-11)7-23-25-19(30)15-16(9-2-4-13-14(5-9)32-8-31-13)29(28-24-15)18-17(22)26-33-27-18/h1-7H,8H2,(H2,22,26)(H,25,30)/b23-7-. The topological polar surface area (TPSA) is 156 Å². The van der Waals surface area contributed by atoms with Gasteiger partial charge in [-0.2, -0.15) is 9.78 Å². The zero-order valence-electron chi connectivity index (χ0n) is 16.4. The molecule has 33 heavy (non-hydrogen) atoms. The van der Waals surface area contributed by atoms with Gasteiger partial charge in [0.05, 0.1) is 11.2 Å². The minimum Gasteiger partial charge on any atom is -0.454 e. The zero-order chi connectivity index (χ0) is 22.9. The van der Waals surface area contributed by atoms with E-state index >= 15 is 0 Å². The van der Waals surface area contributed by atoms with Gasteiger partial charge < -0.3 is 15.2 Å². The van der Waals surface area contributed by atoms with Crippen molar-refractivity contribution in [2.24, 2.45) is 5.10 Å². The number of halogens is 2. The van der Waals surface area contributed by atoms with E-state index < -0.39 is 5.91 Å². The molecule has 0 unspecified atom stereocenters. The lowest BCUT2D eigenvalue weighted by Gasteiger charge is -2.07. The van der Waals surface area contributed by atoms with Crippen LogP contribution in [0.4, 0.5) is 5.82 Å². The molecule has 5 rings (SSSR count). The monoisotopic (exact) mass is 486 g/mol. The van der Waals surface area contributed by atoms with Crippen molar-refractivity contribution in [3.05, 3.63) is 57.7 Å². The van der Waals surface area contributed by atoms with Crippen LogP contribution in [-0.4, -0.2) is 44.2 Å². The highest BCUT2D eigenvalue weighted by molar-refractivity contribution is 6.36. The molecule has 0 saturated carbocycles. The summed E-state index contributed by atoms with van der Waals surface area (Å²) in [6.45, 7) is 0.0891. The summed E-state index contributed by atoms with van der Waals surface area (Å²) in [6.07, 6.45) is 1.38. The number of carbonyl (C=O) groups excluding carboxylic acids is 1. The molecule has 3 heterocycles. The fourth-order valence-corrected chi connectivity index (χ4v) is 3.50. The Hall–Kier alpha value is -4.16. The third kappa shape index (κ3) is 3.92. The Labute approximate surface area is 194 Å². The van der Waals surface area contributed by atoms with Crippen molar-refractivity contribution in [1.29, 1.82) is 0 Å². The van der Waals surface area contributed by atoms with E-state index in [1.807, 2.05) is 0 Å². The number of aromatic nitrogens is 5. The normalized spacial score (nSPS) is 12.4. The van der Waals surface area contributed by atoms with E-state index in [1.165, 1.54) is 10.9 Å². The van der Waals surface area contributed by atoms with Crippen molar-refractivity contribution in [3.63, 3.8) is 0 Å². The minimum atomic E-state index is -0.648. The second kappa shape index (κ2) is 8.41. The first-order chi connectivity index (χ1) is 16.0. The van der Waals surface area contributed by atoms with Gasteiger partial charge in [-0.15, -0.1) is 5.10 Å². The number of ether oxygens (including phenoxy) is 2. The van der Waals surface area contributed by atoms with Crippen molar-refractivity contribution in [2.45, 2.75) is 0 Å². The van der Waals surface area contributed by atoms with Crippen molar-refractivity contribution in [1.82, 2.24) is 30.7 Å². The summed E-state index contributed by atoms with van der Waals surface area (Å²) in [5.41, 5.74) is 9.50. The molecule has 0 radical (unpaired) electrons. The Kier molecular flexibility index (Phi) is 5.28. The number of anilines is 1. The molecule has 166 valence electrons. The van der Waals surface area contributed by atoms with Crippen molar-refractivity contribution < 1.29 is 18.9 Å². The van der Waals surface area contributed by atoms with Crippen LogP contribution < -0.4 is 20.6 Å². The highest BCUT2D eigenvalue weighted by Gasteiger charge is 2.26. The summed E-state index contributed by atoms with van der Waals surface area (Å²) in [4.78, 5) is 12.9. The van der Waals surface area contributed by atoms with Crippen LogP contribution >= 0.6 is 23.2 Å². The largest absolute Gasteiger partial charge is 0.454 e. The molecule has 1 aliphatic heterocycles. The number of nitrogens with two attached hydrogens (primary N) is 1. The molecule has 0 atom stereocenters. The summed E-state index contributed by atoms with van der Waals surface area (Å²) in [7, 11) is 0. The van der Waals surface area contributed by atoms with Gasteiger partial charge >= 0.3 is 0 Å². The van der Waals surface area contributed by atoms with E-state index in [0.717, 1.165) is 0 Å². The van der Waals surface area contributed by atoms with E-state index in [9.17, 15) is 4.79 Å². The number of carbonyl (C=O) groups is 1. The minimum absolute atomic E-state index is 0.0377. The number of nitrogens with one attached hydrogen (secondary N) is 1. The molecule has 3 N–H and O–H groups in total. The number of benzene rings is 2. The van der Waals surface area contributed by atoms with Crippen LogP contribution in [0.5, 0.6) is 11.5 Å². The Balaban J connectivity index is 1.51. The van der Waals surface area contributed by atoms with Crippen LogP contribution in [0.15, 0.2) is 46.1 Å².